The van der Waals surface area contributed by atoms with Crippen LogP contribution in [-0.2, 0) is 4.74 Å². The zero-order valence-corrected chi connectivity index (χ0v) is 14.8. The van der Waals surface area contributed by atoms with Gasteiger partial charge in [-0.15, -0.1) is 0 Å². The first-order valence-corrected chi connectivity index (χ1v) is 7.48. The average Bonchev–Trinajstić information content (AvgIpc) is 2.49. The van der Waals surface area contributed by atoms with Crippen molar-refractivity contribution in [3.05, 3.63) is 27.4 Å². The van der Waals surface area contributed by atoms with Crippen LogP contribution >= 0.6 is 0 Å². The van der Waals surface area contributed by atoms with E-state index < -0.39 is 34.5 Å². The second-order valence-electron chi connectivity index (χ2n) is 6.35. The molecule has 0 fully saturated rings. The fourth-order valence-corrected chi connectivity index (χ4v) is 2.07. The summed E-state index contributed by atoms with van der Waals surface area (Å²) >= 11 is 0. The summed E-state index contributed by atoms with van der Waals surface area (Å²) in [5.74, 6) is -0.195. The first-order valence-electron chi connectivity index (χ1n) is 7.48. The zero-order valence-electron chi connectivity index (χ0n) is 14.8. The number of methoxy groups -OCH3 is 1. The molecule has 1 aromatic rings. The number of pyridine rings is 1. The van der Waals surface area contributed by atoms with Crippen molar-refractivity contribution in [1.82, 2.24) is 10.3 Å². The van der Waals surface area contributed by atoms with E-state index in [-0.39, 0.29) is 23.6 Å². The van der Waals surface area contributed by atoms with Crippen molar-refractivity contribution in [2.24, 2.45) is 0 Å². The SMILES string of the molecule is COc1ncc(C(O)C(O)CNC(=O)OC(C)(C)C)c(C)c1[N+](=O)[O-]. The summed E-state index contributed by atoms with van der Waals surface area (Å²) in [7, 11) is 1.24. The predicted molar refractivity (Wildman–Crippen MR) is 87.4 cm³/mol. The fraction of sp³-hybridized carbons (Fsp3) is 0.600. The molecule has 1 amide bonds. The number of hydrogen-bond acceptors (Lipinski definition) is 8. The fourth-order valence-electron chi connectivity index (χ4n) is 2.07. The van der Waals surface area contributed by atoms with Crippen molar-refractivity contribution in [2.45, 2.75) is 45.5 Å². The van der Waals surface area contributed by atoms with Crippen LogP contribution in [0.2, 0.25) is 0 Å². The van der Waals surface area contributed by atoms with Gasteiger partial charge in [-0.3, -0.25) is 10.1 Å². The lowest BCUT2D eigenvalue weighted by molar-refractivity contribution is -0.386. The lowest BCUT2D eigenvalue weighted by atomic mass is 10.0. The van der Waals surface area contributed by atoms with Gasteiger partial charge in [0.25, 0.3) is 5.88 Å². The molecule has 2 unspecified atom stereocenters. The lowest BCUT2D eigenvalue weighted by Gasteiger charge is -2.22. The van der Waals surface area contributed by atoms with Gasteiger partial charge in [-0.25, -0.2) is 9.78 Å². The van der Waals surface area contributed by atoms with E-state index in [2.05, 4.69) is 10.3 Å². The number of rotatable bonds is 6. The van der Waals surface area contributed by atoms with E-state index in [1.807, 2.05) is 0 Å². The lowest BCUT2D eigenvalue weighted by Crippen LogP contribution is -2.39. The summed E-state index contributed by atoms with van der Waals surface area (Å²) in [6.07, 6.45) is -2.48. The third-order valence-electron chi connectivity index (χ3n) is 3.23. The number of carbonyl (C=O) groups excluding carboxylic acids is 1. The molecule has 1 aromatic heterocycles. The Bertz CT molecular complexity index is 643. The molecule has 140 valence electrons. The Morgan fingerprint density at radius 2 is 2.04 bits per heavy atom. The van der Waals surface area contributed by atoms with E-state index in [1.165, 1.54) is 20.2 Å². The van der Waals surface area contributed by atoms with Crippen molar-refractivity contribution in [3.63, 3.8) is 0 Å². The Balaban J connectivity index is 2.89. The molecule has 0 bridgehead atoms. The monoisotopic (exact) mass is 357 g/mol. The number of nitrogens with zero attached hydrogens (tertiary/aromatic N) is 2. The number of nitrogens with one attached hydrogen (secondary N) is 1. The van der Waals surface area contributed by atoms with Crippen LogP contribution in [0.4, 0.5) is 10.5 Å². The van der Waals surface area contributed by atoms with Crippen LogP contribution in [0.15, 0.2) is 6.20 Å². The van der Waals surface area contributed by atoms with Gasteiger partial charge in [0, 0.05) is 23.9 Å². The molecule has 0 spiro atoms. The van der Waals surface area contributed by atoms with Gasteiger partial charge in [0.05, 0.1) is 12.0 Å². The van der Waals surface area contributed by atoms with E-state index in [4.69, 9.17) is 9.47 Å². The molecule has 1 heterocycles. The molecular weight excluding hydrogens is 334 g/mol. The van der Waals surface area contributed by atoms with Gasteiger partial charge >= 0.3 is 11.8 Å². The van der Waals surface area contributed by atoms with E-state index in [9.17, 15) is 25.1 Å². The van der Waals surface area contributed by atoms with Crippen molar-refractivity contribution in [3.8, 4) is 5.88 Å². The first-order chi connectivity index (χ1) is 11.5. The number of aliphatic hydroxyl groups is 2. The van der Waals surface area contributed by atoms with E-state index in [1.54, 1.807) is 20.8 Å². The smallest absolute Gasteiger partial charge is 0.407 e. The van der Waals surface area contributed by atoms with Crippen molar-refractivity contribution < 1.29 is 29.4 Å². The van der Waals surface area contributed by atoms with Gasteiger partial charge in [0.15, 0.2) is 0 Å². The Kier molecular flexibility index (Phi) is 6.65. The third-order valence-corrected chi connectivity index (χ3v) is 3.23. The third kappa shape index (κ3) is 5.54. The quantitative estimate of drug-likeness (QED) is 0.509. The van der Waals surface area contributed by atoms with E-state index >= 15 is 0 Å². The summed E-state index contributed by atoms with van der Waals surface area (Å²) in [5.41, 5.74) is -0.928. The van der Waals surface area contributed by atoms with Gasteiger partial charge in [-0.2, -0.15) is 0 Å². The number of nitro groups is 1. The second-order valence-corrected chi connectivity index (χ2v) is 6.35. The van der Waals surface area contributed by atoms with Crippen molar-refractivity contribution in [1.29, 1.82) is 0 Å². The number of amides is 1. The molecule has 25 heavy (non-hydrogen) atoms. The van der Waals surface area contributed by atoms with Gasteiger partial charge in [0.1, 0.15) is 17.8 Å². The van der Waals surface area contributed by atoms with Crippen LogP contribution in [0.5, 0.6) is 5.88 Å². The molecule has 0 aliphatic rings. The number of ether oxygens (including phenoxy) is 2. The summed E-state index contributed by atoms with van der Waals surface area (Å²) in [5, 5.41) is 33.8. The molecule has 10 nitrogen and oxygen atoms in total. The predicted octanol–water partition coefficient (Wildman–Crippen LogP) is 1.23. The topological polar surface area (TPSA) is 144 Å². The van der Waals surface area contributed by atoms with Crippen molar-refractivity contribution in [2.75, 3.05) is 13.7 Å². The van der Waals surface area contributed by atoms with Gasteiger partial charge in [0.2, 0.25) is 0 Å². The normalized spacial score (nSPS) is 13.7. The standard InChI is InChI=1S/C15H23N3O7/c1-8-9(6-16-13(24-5)11(8)18(22)23)12(20)10(19)7-17-14(21)25-15(2,3)4/h6,10,12,19-20H,7H2,1-5H3,(H,17,21). The summed E-state index contributed by atoms with van der Waals surface area (Å²) < 4.78 is 9.85. The molecule has 10 heteroatoms. The minimum atomic E-state index is -1.49. The summed E-state index contributed by atoms with van der Waals surface area (Å²) in [6.45, 7) is 6.15. The van der Waals surface area contributed by atoms with Crippen LogP contribution in [0.3, 0.4) is 0 Å². The summed E-state index contributed by atoms with van der Waals surface area (Å²) in [4.78, 5) is 25.8. The maximum absolute atomic E-state index is 11.6. The molecule has 0 aliphatic heterocycles. The number of aromatic nitrogens is 1. The Morgan fingerprint density at radius 1 is 1.44 bits per heavy atom. The molecule has 0 aliphatic carbocycles. The molecule has 0 radical (unpaired) electrons. The van der Waals surface area contributed by atoms with E-state index in [0.717, 1.165) is 0 Å². The Hall–Kier alpha value is -2.46. The van der Waals surface area contributed by atoms with Crippen molar-refractivity contribution >= 4 is 11.8 Å². The van der Waals surface area contributed by atoms with Crippen LogP contribution in [0.25, 0.3) is 0 Å². The van der Waals surface area contributed by atoms with Crippen LogP contribution < -0.4 is 10.1 Å². The molecule has 0 saturated carbocycles. The van der Waals surface area contributed by atoms with Gasteiger partial charge < -0.3 is 25.0 Å². The first kappa shape index (κ1) is 20.6. The number of hydrogen-bond donors (Lipinski definition) is 3. The van der Waals surface area contributed by atoms with E-state index in [0.29, 0.717) is 0 Å². The highest BCUT2D eigenvalue weighted by atomic mass is 16.6. The second kappa shape index (κ2) is 8.08. The highest BCUT2D eigenvalue weighted by Gasteiger charge is 2.29. The van der Waals surface area contributed by atoms with Crippen LogP contribution in [0.1, 0.15) is 38.0 Å². The highest BCUT2D eigenvalue weighted by molar-refractivity contribution is 5.67. The number of carbonyl (C=O) groups is 1. The zero-order chi connectivity index (χ0) is 19.4. The number of alkyl carbamates (subject to hydrolysis) is 1. The maximum Gasteiger partial charge on any atom is 0.407 e. The minimum absolute atomic E-state index is 0.0611. The van der Waals surface area contributed by atoms with Crippen LogP contribution in [0, 0.1) is 17.0 Å². The van der Waals surface area contributed by atoms with Gasteiger partial charge in [-0.05, 0) is 27.7 Å². The maximum atomic E-state index is 11.6. The molecule has 0 saturated heterocycles. The molecule has 0 aromatic carbocycles. The average molecular weight is 357 g/mol. The van der Waals surface area contributed by atoms with Gasteiger partial charge in [-0.1, -0.05) is 0 Å². The molecular formula is C15H23N3O7. The Morgan fingerprint density at radius 3 is 2.52 bits per heavy atom. The minimum Gasteiger partial charge on any atom is -0.476 e. The largest absolute Gasteiger partial charge is 0.476 e. The molecule has 3 N–H and O–H groups in total. The summed E-state index contributed by atoms with van der Waals surface area (Å²) in [6, 6.07) is 0. The highest BCUT2D eigenvalue weighted by Crippen LogP contribution is 2.33. The molecule has 1 rings (SSSR count). The Labute approximate surface area is 144 Å². The molecule has 2 atom stereocenters. The number of aliphatic hydroxyl groups excluding tert-OH is 2. The van der Waals surface area contributed by atoms with Crippen LogP contribution in [-0.4, -0.2) is 51.6 Å².